The van der Waals surface area contributed by atoms with Gasteiger partial charge in [0, 0.05) is 11.1 Å². The van der Waals surface area contributed by atoms with Crippen LogP contribution in [0.3, 0.4) is 0 Å². The second-order valence-electron chi connectivity index (χ2n) is 8.51. The normalized spacial score (nSPS) is 21.6. The summed E-state index contributed by atoms with van der Waals surface area (Å²) < 4.78 is 4.71. The number of carbonyl (C=O) groups excluding carboxylic acids is 3. The van der Waals surface area contributed by atoms with Gasteiger partial charge in [0.25, 0.3) is 11.8 Å². The molecule has 0 aromatic carbocycles. The van der Waals surface area contributed by atoms with Crippen LogP contribution in [-0.2, 0) is 28.8 Å². The van der Waals surface area contributed by atoms with E-state index in [1.165, 1.54) is 23.2 Å². The Balaban J connectivity index is 1.63. The van der Waals surface area contributed by atoms with E-state index >= 15 is 0 Å². The van der Waals surface area contributed by atoms with Gasteiger partial charge in [-0.15, -0.1) is 23.1 Å². The van der Waals surface area contributed by atoms with Crippen LogP contribution in [0.1, 0.15) is 5.69 Å². The summed E-state index contributed by atoms with van der Waals surface area (Å²) in [4.78, 5) is 59.4. The standard InChI is InChI=1S/C22H27N5O12S2/c1-2-8-6-40-20-14(19(35)27(20)15(8)21(36)37)25-18(34)13(9-7-41-22(23)24-9)26-39-5-12(31)38-4-11(30)17(33)16(32)10(29)3-28/h2,7,10-11,14,16-17,20,28-30,32-33H,1,3-6H2,(H2,23,24)(H,25,34)(H,36,37)/b26-13+/t10-,11-,14-,16-,17-,20-/m1/s1. The third-order valence-corrected chi connectivity index (χ3v) is 7.77. The number of esters is 1. The van der Waals surface area contributed by atoms with Crippen LogP contribution >= 0.6 is 23.1 Å². The molecule has 0 bridgehead atoms. The molecule has 0 saturated carbocycles. The number of aliphatic hydroxyl groups is 5. The number of nitrogens with two attached hydrogens (primary N) is 1. The summed E-state index contributed by atoms with van der Waals surface area (Å²) in [5, 5.41) is 63.6. The zero-order valence-electron chi connectivity index (χ0n) is 21.0. The van der Waals surface area contributed by atoms with Crippen molar-refractivity contribution in [2.75, 3.05) is 31.3 Å². The van der Waals surface area contributed by atoms with Crippen LogP contribution in [0.2, 0.25) is 0 Å². The van der Waals surface area contributed by atoms with E-state index in [1.54, 1.807) is 0 Å². The summed E-state index contributed by atoms with van der Waals surface area (Å²) >= 11 is 2.19. The molecule has 0 unspecified atom stereocenters. The zero-order valence-corrected chi connectivity index (χ0v) is 22.7. The number of aromatic nitrogens is 1. The maximum atomic E-state index is 13.1. The van der Waals surface area contributed by atoms with Crippen molar-refractivity contribution in [2.45, 2.75) is 35.8 Å². The number of nitrogens with zero attached hydrogens (tertiary/aromatic N) is 3. The number of hydrogen-bond acceptors (Lipinski definition) is 16. The lowest BCUT2D eigenvalue weighted by molar-refractivity contribution is -0.160. The van der Waals surface area contributed by atoms with Gasteiger partial charge in [0.15, 0.2) is 10.8 Å². The highest BCUT2D eigenvalue weighted by atomic mass is 32.2. The highest BCUT2D eigenvalue weighted by molar-refractivity contribution is 8.00. The van der Waals surface area contributed by atoms with Crippen molar-refractivity contribution in [1.29, 1.82) is 0 Å². The molecule has 1 fully saturated rings. The summed E-state index contributed by atoms with van der Waals surface area (Å²) in [6.07, 6.45) is -6.09. The first-order valence-electron chi connectivity index (χ1n) is 11.7. The summed E-state index contributed by atoms with van der Waals surface area (Å²) in [5.74, 6) is -3.79. The predicted octanol–water partition coefficient (Wildman–Crippen LogP) is -3.65. The molecule has 6 atom stereocenters. The molecule has 1 saturated heterocycles. The number of fused-ring (bicyclic) bond motifs is 1. The number of carboxylic acid groups (broad SMARTS) is 1. The van der Waals surface area contributed by atoms with Crippen LogP contribution in [0.5, 0.6) is 0 Å². The van der Waals surface area contributed by atoms with Gasteiger partial charge >= 0.3 is 11.9 Å². The van der Waals surface area contributed by atoms with Crippen LogP contribution in [0.15, 0.2) is 34.5 Å². The molecule has 1 aromatic rings. The molecule has 41 heavy (non-hydrogen) atoms. The Morgan fingerprint density at radius 2 is 1.95 bits per heavy atom. The number of nitrogen functional groups attached to an aromatic ring is 1. The smallest absolute Gasteiger partial charge is 0.352 e. The van der Waals surface area contributed by atoms with Crippen LogP contribution in [0.4, 0.5) is 5.13 Å². The Morgan fingerprint density at radius 3 is 2.54 bits per heavy atom. The van der Waals surface area contributed by atoms with Gasteiger partial charge in [-0.25, -0.2) is 14.6 Å². The predicted molar refractivity (Wildman–Crippen MR) is 141 cm³/mol. The number of nitrogens with one attached hydrogen (secondary N) is 1. The number of aliphatic carboxylic acids is 1. The molecule has 19 heteroatoms. The van der Waals surface area contributed by atoms with Gasteiger partial charge in [-0.05, 0) is 5.57 Å². The lowest BCUT2D eigenvalue weighted by Gasteiger charge is -2.49. The summed E-state index contributed by atoms with van der Waals surface area (Å²) in [7, 11) is 0. The van der Waals surface area contributed by atoms with E-state index < -0.39 is 85.1 Å². The van der Waals surface area contributed by atoms with E-state index in [-0.39, 0.29) is 22.3 Å². The molecule has 3 rings (SSSR count). The summed E-state index contributed by atoms with van der Waals surface area (Å²) in [5.41, 5.74) is 5.26. The Labute approximate surface area is 239 Å². The quantitative estimate of drug-likeness (QED) is 0.0432. The van der Waals surface area contributed by atoms with E-state index in [1.807, 2.05) is 0 Å². The molecule has 2 aliphatic rings. The number of carbonyl (C=O) groups is 4. The average molecular weight is 618 g/mol. The molecular weight excluding hydrogens is 590 g/mol. The minimum absolute atomic E-state index is 0.0478. The van der Waals surface area contributed by atoms with Gasteiger partial charge in [0.1, 0.15) is 53.8 Å². The van der Waals surface area contributed by atoms with Crippen molar-refractivity contribution in [2.24, 2.45) is 5.16 Å². The monoisotopic (exact) mass is 617 g/mol. The van der Waals surface area contributed by atoms with Crippen LogP contribution in [-0.4, -0.2) is 131 Å². The third-order valence-electron chi connectivity index (χ3n) is 5.79. The van der Waals surface area contributed by atoms with Gasteiger partial charge < -0.3 is 51.3 Å². The molecule has 0 aliphatic carbocycles. The van der Waals surface area contributed by atoms with Crippen LogP contribution in [0, 0.1) is 0 Å². The number of thioether (sulfide) groups is 1. The zero-order chi connectivity index (χ0) is 30.4. The highest BCUT2D eigenvalue weighted by Gasteiger charge is 2.54. The van der Waals surface area contributed by atoms with Gasteiger partial charge in [0.2, 0.25) is 6.61 Å². The Morgan fingerprint density at radius 1 is 1.27 bits per heavy atom. The number of carboxylic acids is 1. The lowest BCUT2D eigenvalue weighted by Crippen LogP contribution is -2.71. The van der Waals surface area contributed by atoms with Crippen LogP contribution < -0.4 is 11.1 Å². The van der Waals surface area contributed by atoms with Crippen molar-refractivity contribution in [3.8, 4) is 0 Å². The molecule has 224 valence electrons. The number of rotatable bonds is 14. The Kier molecular flexibility index (Phi) is 10.8. The van der Waals surface area contributed by atoms with Gasteiger partial charge in [-0.3, -0.25) is 14.5 Å². The Hall–Kier alpha value is -3.59. The molecule has 3 heterocycles. The number of hydrogen-bond donors (Lipinski definition) is 8. The van der Waals surface area contributed by atoms with Crippen molar-refractivity contribution in [3.05, 3.63) is 35.0 Å². The minimum atomic E-state index is -1.95. The lowest BCUT2D eigenvalue weighted by atomic mass is 10.0. The number of anilines is 1. The highest BCUT2D eigenvalue weighted by Crippen LogP contribution is 2.40. The number of allylic oxidation sites excluding steroid dienone is 1. The van der Waals surface area contributed by atoms with Crippen molar-refractivity contribution < 1.29 is 59.4 Å². The maximum Gasteiger partial charge on any atom is 0.352 e. The third kappa shape index (κ3) is 7.19. The number of β-lactam (4-membered cyclic amide) rings is 1. The molecule has 0 spiro atoms. The van der Waals surface area contributed by atoms with Gasteiger partial charge in [-0.2, -0.15) is 0 Å². The van der Waals surface area contributed by atoms with E-state index in [0.717, 1.165) is 16.2 Å². The fraction of sp³-hybridized carbons (Fsp3) is 0.455. The van der Waals surface area contributed by atoms with E-state index in [4.69, 9.17) is 20.4 Å². The SMILES string of the molecule is C=CC1=C(C(=O)O)N2C(=O)[C@@H](NC(=O)/C(=N/OCC(=O)OC[C@@H](O)[C@@H](O)[C@H](O)[C@H](O)CO)c3csc(N)n3)[C@H]2SC1. The fourth-order valence-corrected chi connectivity index (χ4v) is 5.53. The molecular formula is C22H27N5O12S2. The van der Waals surface area contributed by atoms with E-state index in [0.29, 0.717) is 5.57 Å². The molecule has 2 aliphatic heterocycles. The topological polar surface area (TPSA) is 275 Å². The largest absolute Gasteiger partial charge is 0.477 e. The summed E-state index contributed by atoms with van der Waals surface area (Å²) in [6, 6.07) is -1.10. The molecule has 9 N–H and O–H groups in total. The van der Waals surface area contributed by atoms with Crippen molar-refractivity contribution >= 4 is 57.7 Å². The van der Waals surface area contributed by atoms with E-state index in [9.17, 15) is 44.7 Å². The van der Waals surface area contributed by atoms with Crippen molar-refractivity contribution in [3.63, 3.8) is 0 Å². The van der Waals surface area contributed by atoms with Crippen molar-refractivity contribution in [1.82, 2.24) is 15.2 Å². The fourth-order valence-electron chi connectivity index (χ4n) is 3.64. The molecule has 0 radical (unpaired) electrons. The first-order chi connectivity index (χ1) is 19.4. The van der Waals surface area contributed by atoms with Crippen LogP contribution in [0.25, 0.3) is 0 Å². The number of thiazole rings is 1. The first-order valence-corrected chi connectivity index (χ1v) is 13.6. The Bertz CT molecular complexity index is 1250. The average Bonchev–Trinajstić information content (AvgIpc) is 3.39. The summed E-state index contributed by atoms with van der Waals surface area (Å²) in [6.45, 7) is 0.973. The number of oxime groups is 1. The molecule has 2 amide bonds. The molecule has 17 nitrogen and oxygen atoms in total. The first kappa shape index (κ1) is 31.9. The molecule has 1 aromatic heterocycles. The second kappa shape index (κ2) is 13.9. The van der Waals surface area contributed by atoms with Gasteiger partial charge in [0.05, 0.1) is 6.61 Å². The number of ether oxygens (including phenoxy) is 1. The second-order valence-corrected chi connectivity index (χ2v) is 10.5. The maximum absolute atomic E-state index is 13.1. The van der Waals surface area contributed by atoms with E-state index in [2.05, 4.69) is 22.0 Å². The number of aliphatic hydroxyl groups excluding tert-OH is 5. The number of amides is 2. The minimum Gasteiger partial charge on any atom is -0.477 e. The van der Waals surface area contributed by atoms with Gasteiger partial charge in [-0.1, -0.05) is 17.8 Å².